The molecule has 1 heterocycles. The number of ether oxygens (including phenoxy) is 1. The Kier molecular flexibility index (Phi) is 6.04. The first-order valence-electron chi connectivity index (χ1n) is 7.75. The van der Waals surface area contributed by atoms with Crippen LogP contribution >= 0.6 is 12.4 Å². The molecule has 9 heteroatoms. The van der Waals surface area contributed by atoms with Crippen molar-refractivity contribution in [3.8, 4) is 0 Å². The van der Waals surface area contributed by atoms with Gasteiger partial charge >= 0.3 is 12.0 Å². The predicted molar refractivity (Wildman–Crippen MR) is 98.1 cm³/mol. The Morgan fingerprint density at radius 3 is 2.27 bits per heavy atom. The van der Waals surface area contributed by atoms with Gasteiger partial charge in [-0.1, -0.05) is 24.3 Å². The van der Waals surface area contributed by atoms with Gasteiger partial charge in [0.1, 0.15) is 23.5 Å². The van der Waals surface area contributed by atoms with Gasteiger partial charge in [-0.2, -0.15) is 0 Å². The summed E-state index contributed by atoms with van der Waals surface area (Å²) in [7, 11) is 0. The summed E-state index contributed by atoms with van der Waals surface area (Å²) in [5.74, 6) is -1.30. The van der Waals surface area contributed by atoms with Gasteiger partial charge in [0, 0.05) is 5.56 Å². The van der Waals surface area contributed by atoms with Crippen LogP contribution < -0.4 is 11.1 Å². The summed E-state index contributed by atoms with van der Waals surface area (Å²) in [6.07, 6.45) is 0. The van der Waals surface area contributed by atoms with E-state index >= 15 is 0 Å². The van der Waals surface area contributed by atoms with Crippen molar-refractivity contribution < 1.29 is 19.1 Å². The van der Waals surface area contributed by atoms with Gasteiger partial charge < -0.3 is 15.8 Å². The second-order valence-corrected chi connectivity index (χ2v) is 7.02. The van der Waals surface area contributed by atoms with Crippen molar-refractivity contribution in [2.75, 3.05) is 6.54 Å². The van der Waals surface area contributed by atoms with Crippen LogP contribution in [0.2, 0.25) is 0 Å². The summed E-state index contributed by atoms with van der Waals surface area (Å²) in [5, 5.41) is 10.0. The molecule has 0 spiro atoms. The summed E-state index contributed by atoms with van der Waals surface area (Å²) < 4.78 is 5.16. The molecule has 0 unspecified atom stereocenters. The number of nitrogens with two attached hydrogens (primary N) is 1. The molecule has 4 N–H and O–H groups in total. The second kappa shape index (κ2) is 7.33. The van der Waals surface area contributed by atoms with Gasteiger partial charge in [-0.3, -0.25) is 19.9 Å². The molecule has 26 heavy (non-hydrogen) atoms. The predicted octanol–water partition coefficient (Wildman–Crippen LogP) is 1.50. The van der Waals surface area contributed by atoms with E-state index in [0.717, 1.165) is 4.90 Å². The number of nitrogen functional groups attached to an aromatic ring is 1. The zero-order valence-corrected chi connectivity index (χ0v) is 15.9. The highest BCUT2D eigenvalue weighted by atomic mass is 35.5. The van der Waals surface area contributed by atoms with E-state index in [1.165, 1.54) is 0 Å². The number of nitrogens with zero attached hydrogens (tertiary/aromatic N) is 1. The number of amides is 3. The van der Waals surface area contributed by atoms with Crippen LogP contribution in [0.15, 0.2) is 24.3 Å². The van der Waals surface area contributed by atoms with Gasteiger partial charge in [-0.05, 0) is 33.3 Å². The Morgan fingerprint density at radius 2 is 1.81 bits per heavy atom. The molecular formula is C17H23ClN4O4. The number of carbonyl (C=O) groups is 3. The van der Waals surface area contributed by atoms with Crippen molar-refractivity contribution in [1.29, 1.82) is 5.41 Å². The van der Waals surface area contributed by atoms with Gasteiger partial charge in [-0.15, -0.1) is 12.4 Å². The summed E-state index contributed by atoms with van der Waals surface area (Å²) >= 11 is 0. The molecule has 1 aliphatic rings. The number of hydrogen-bond acceptors (Lipinski definition) is 5. The Balaban J connectivity index is 0.00000338. The summed E-state index contributed by atoms with van der Waals surface area (Å²) in [6, 6.07) is 5.77. The van der Waals surface area contributed by atoms with E-state index in [1.54, 1.807) is 52.0 Å². The van der Waals surface area contributed by atoms with Crippen molar-refractivity contribution in [3.05, 3.63) is 35.4 Å². The number of amidine groups is 1. The summed E-state index contributed by atoms with van der Waals surface area (Å²) in [5.41, 5.74) is 4.45. The van der Waals surface area contributed by atoms with Gasteiger partial charge in [0.2, 0.25) is 0 Å². The molecule has 0 bridgehead atoms. The maximum atomic E-state index is 12.7. The molecule has 0 aliphatic carbocycles. The lowest BCUT2D eigenvalue weighted by Crippen LogP contribution is -2.42. The molecule has 0 aromatic heterocycles. The minimum Gasteiger partial charge on any atom is -0.459 e. The van der Waals surface area contributed by atoms with Gasteiger partial charge in [-0.25, -0.2) is 4.79 Å². The van der Waals surface area contributed by atoms with E-state index in [9.17, 15) is 14.4 Å². The van der Waals surface area contributed by atoms with E-state index < -0.39 is 35.6 Å². The number of esters is 1. The van der Waals surface area contributed by atoms with E-state index in [4.69, 9.17) is 15.9 Å². The minimum absolute atomic E-state index is 0. The Labute approximate surface area is 158 Å². The standard InChI is InChI=1S/C17H22N4O4.ClH/c1-16(2,3)25-12(22)9-21-14(23)17(4,20-15(21)24)11-7-5-10(6-8-11)13(18)19;/h5-8H,9H2,1-4H3,(H3,18,19)(H,20,24);1H/t17-;/m0./s1. The highest BCUT2D eigenvalue weighted by molar-refractivity contribution is 6.09. The van der Waals surface area contributed by atoms with Crippen molar-refractivity contribution in [1.82, 2.24) is 10.2 Å². The molecule has 1 saturated heterocycles. The first kappa shape index (κ1) is 21.4. The van der Waals surface area contributed by atoms with Crippen molar-refractivity contribution >= 4 is 36.2 Å². The quantitative estimate of drug-likeness (QED) is 0.315. The molecule has 0 radical (unpaired) electrons. The number of rotatable bonds is 4. The van der Waals surface area contributed by atoms with Gasteiger partial charge in [0.15, 0.2) is 0 Å². The van der Waals surface area contributed by atoms with Crippen LogP contribution in [-0.2, 0) is 19.9 Å². The normalized spacial score (nSPS) is 19.6. The van der Waals surface area contributed by atoms with Gasteiger partial charge in [0.25, 0.3) is 5.91 Å². The average Bonchev–Trinajstić information content (AvgIpc) is 2.70. The fourth-order valence-electron chi connectivity index (χ4n) is 2.52. The maximum Gasteiger partial charge on any atom is 0.326 e. The third-order valence-electron chi connectivity index (χ3n) is 3.76. The fraction of sp³-hybridized carbons (Fsp3) is 0.412. The van der Waals surface area contributed by atoms with Crippen LogP contribution in [0.1, 0.15) is 38.8 Å². The molecule has 1 atom stereocenters. The monoisotopic (exact) mass is 382 g/mol. The van der Waals surface area contributed by atoms with Crippen LogP contribution in [0.25, 0.3) is 0 Å². The van der Waals surface area contributed by atoms with Crippen LogP contribution in [-0.4, -0.2) is 40.8 Å². The smallest absolute Gasteiger partial charge is 0.326 e. The summed E-state index contributed by atoms with van der Waals surface area (Å²) in [6.45, 7) is 6.22. The molecule has 3 amide bonds. The van der Waals surface area contributed by atoms with Crippen LogP contribution in [0.3, 0.4) is 0 Å². The summed E-state index contributed by atoms with van der Waals surface area (Å²) in [4.78, 5) is 37.7. The highest BCUT2D eigenvalue weighted by Crippen LogP contribution is 2.29. The first-order valence-corrected chi connectivity index (χ1v) is 7.75. The molecule has 1 fully saturated rings. The minimum atomic E-state index is -1.30. The first-order chi connectivity index (χ1) is 11.4. The third kappa shape index (κ3) is 4.32. The lowest BCUT2D eigenvalue weighted by Gasteiger charge is -2.23. The van der Waals surface area contributed by atoms with Crippen LogP contribution in [0.5, 0.6) is 0 Å². The Bertz CT molecular complexity index is 742. The lowest BCUT2D eigenvalue weighted by atomic mass is 9.91. The van der Waals surface area contributed by atoms with Crippen molar-refractivity contribution in [2.24, 2.45) is 5.73 Å². The SMILES string of the molecule is CC(C)(C)OC(=O)CN1C(=O)N[C@@](C)(c2ccc(C(=N)N)cc2)C1=O.Cl. The molecule has 0 saturated carbocycles. The van der Waals surface area contributed by atoms with E-state index in [0.29, 0.717) is 11.1 Å². The molecule has 1 aromatic rings. The molecule has 1 aromatic carbocycles. The number of halogens is 1. The van der Waals surface area contributed by atoms with E-state index in [2.05, 4.69) is 5.32 Å². The molecule has 1 aliphatic heterocycles. The number of benzene rings is 1. The van der Waals surface area contributed by atoms with E-state index in [1.807, 2.05) is 0 Å². The van der Waals surface area contributed by atoms with Crippen LogP contribution in [0, 0.1) is 5.41 Å². The lowest BCUT2D eigenvalue weighted by molar-refractivity contribution is -0.157. The molecule has 8 nitrogen and oxygen atoms in total. The number of urea groups is 1. The van der Waals surface area contributed by atoms with Crippen LogP contribution in [0.4, 0.5) is 4.79 Å². The number of hydrogen-bond donors (Lipinski definition) is 3. The average molecular weight is 383 g/mol. The third-order valence-corrected chi connectivity index (χ3v) is 3.76. The molecular weight excluding hydrogens is 360 g/mol. The van der Waals surface area contributed by atoms with Crippen molar-refractivity contribution in [2.45, 2.75) is 38.8 Å². The number of imide groups is 1. The number of carbonyl (C=O) groups excluding carboxylic acids is 3. The topological polar surface area (TPSA) is 126 Å². The molecule has 142 valence electrons. The molecule has 2 rings (SSSR count). The maximum absolute atomic E-state index is 12.7. The Morgan fingerprint density at radius 1 is 1.27 bits per heavy atom. The van der Waals surface area contributed by atoms with E-state index in [-0.39, 0.29) is 18.2 Å². The second-order valence-electron chi connectivity index (χ2n) is 7.02. The highest BCUT2D eigenvalue weighted by Gasteiger charge is 2.49. The Hall–Kier alpha value is -2.61. The largest absolute Gasteiger partial charge is 0.459 e. The fourth-order valence-corrected chi connectivity index (χ4v) is 2.52. The van der Waals surface area contributed by atoms with Crippen molar-refractivity contribution in [3.63, 3.8) is 0 Å². The number of nitrogens with one attached hydrogen (secondary N) is 2. The van der Waals surface area contributed by atoms with Gasteiger partial charge in [0.05, 0.1) is 0 Å². The zero-order chi connectivity index (χ0) is 19.0. The zero-order valence-electron chi connectivity index (χ0n) is 15.1.